The highest BCUT2D eigenvalue weighted by molar-refractivity contribution is 7.15. The molecule has 0 unspecified atom stereocenters. The maximum Gasteiger partial charge on any atom is 0.335 e. The van der Waals surface area contributed by atoms with Gasteiger partial charge in [-0.3, -0.25) is 0 Å². The number of nitrogens with one attached hydrogen (secondary N) is 1. The molecule has 0 amide bonds. The van der Waals surface area contributed by atoms with Gasteiger partial charge in [0, 0.05) is 21.8 Å². The molecule has 0 spiro atoms. The van der Waals surface area contributed by atoms with Gasteiger partial charge in [0.1, 0.15) is 5.82 Å². The summed E-state index contributed by atoms with van der Waals surface area (Å²) in [6.07, 6.45) is 7.23. The van der Waals surface area contributed by atoms with Crippen molar-refractivity contribution in [3.63, 3.8) is 0 Å². The molecule has 0 radical (unpaired) electrons. The quantitative estimate of drug-likeness (QED) is 0.292. The van der Waals surface area contributed by atoms with Crippen LogP contribution in [0.5, 0.6) is 0 Å². The Labute approximate surface area is 181 Å². The SMILES string of the molecule is C=CCc1c(C)nc(-c2ccc(CCCCC)s2)nc1Nc1ccc(C(=O)O)cc1. The fraction of sp³-hybridized carbons (Fsp3) is 0.292. The number of rotatable bonds is 10. The summed E-state index contributed by atoms with van der Waals surface area (Å²) in [7, 11) is 0. The molecule has 0 aliphatic heterocycles. The molecule has 5 nitrogen and oxygen atoms in total. The zero-order chi connectivity index (χ0) is 21.5. The molecule has 0 saturated heterocycles. The van der Waals surface area contributed by atoms with E-state index >= 15 is 0 Å². The van der Waals surface area contributed by atoms with Crippen LogP contribution in [0, 0.1) is 6.92 Å². The molecule has 0 fully saturated rings. The van der Waals surface area contributed by atoms with Crippen LogP contribution < -0.4 is 5.32 Å². The highest BCUT2D eigenvalue weighted by Gasteiger charge is 2.14. The third-order valence-corrected chi connectivity index (χ3v) is 6.01. The summed E-state index contributed by atoms with van der Waals surface area (Å²) in [4.78, 5) is 23.1. The Bertz CT molecular complexity index is 1030. The highest BCUT2D eigenvalue weighted by Crippen LogP contribution is 2.30. The van der Waals surface area contributed by atoms with E-state index in [0.717, 1.165) is 34.1 Å². The van der Waals surface area contributed by atoms with Crippen molar-refractivity contribution in [2.45, 2.75) is 46.0 Å². The fourth-order valence-electron chi connectivity index (χ4n) is 3.21. The summed E-state index contributed by atoms with van der Waals surface area (Å²) in [5, 5.41) is 12.4. The third kappa shape index (κ3) is 5.33. The lowest BCUT2D eigenvalue weighted by molar-refractivity contribution is 0.0697. The zero-order valence-electron chi connectivity index (χ0n) is 17.4. The molecule has 3 rings (SSSR count). The molecule has 30 heavy (non-hydrogen) atoms. The van der Waals surface area contributed by atoms with E-state index in [1.807, 2.05) is 13.0 Å². The Morgan fingerprint density at radius 1 is 1.17 bits per heavy atom. The van der Waals surface area contributed by atoms with Crippen molar-refractivity contribution < 1.29 is 9.90 Å². The third-order valence-electron chi connectivity index (χ3n) is 4.87. The standard InChI is InChI=1S/C24H27N3O2S/c1-4-6-7-9-19-14-15-21(30-19)23-25-16(3)20(8-5-2)22(27-23)26-18-12-10-17(11-13-18)24(28)29/h5,10-15H,2,4,6-9H2,1,3H3,(H,28,29)(H,25,26,27). The van der Waals surface area contributed by atoms with Crippen molar-refractivity contribution in [1.29, 1.82) is 0 Å². The Morgan fingerprint density at radius 2 is 1.93 bits per heavy atom. The van der Waals surface area contributed by atoms with Gasteiger partial charge in [-0.25, -0.2) is 14.8 Å². The van der Waals surface area contributed by atoms with E-state index in [2.05, 4.69) is 31.0 Å². The van der Waals surface area contributed by atoms with E-state index in [4.69, 9.17) is 15.1 Å². The number of nitrogens with zero attached hydrogens (tertiary/aromatic N) is 2. The van der Waals surface area contributed by atoms with E-state index in [0.29, 0.717) is 12.2 Å². The number of aryl methyl sites for hydroxylation is 2. The van der Waals surface area contributed by atoms with Crippen molar-refractivity contribution in [3.8, 4) is 10.7 Å². The van der Waals surface area contributed by atoms with Crippen molar-refractivity contribution >= 4 is 28.8 Å². The number of hydrogen-bond acceptors (Lipinski definition) is 5. The fourth-order valence-corrected chi connectivity index (χ4v) is 4.20. The second-order valence-electron chi connectivity index (χ2n) is 7.18. The topological polar surface area (TPSA) is 75.1 Å². The predicted molar refractivity (Wildman–Crippen MR) is 124 cm³/mol. The number of unbranched alkanes of at least 4 members (excludes halogenated alkanes) is 2. The Hall–Kier alpha value is -2.99. The molecular formula is C24H27N3O2S. The van der Waals surface area contributed by atoms with Crippen LogP contribution in [-0.4, -0.2) is 21.0 Å². The molecular weight excluding hydrogens is 394 g/mol. The molecule has 0 aliphatic carbocycles. The first-order chi connectivity index (χ1) is 14.5. The van der Waals surface area contributed by atoms with Crippen LogP contribution in [0.15, 0.2) is 49.1 Å². The molecule has 0 saturated carbocycles. The van der Waals surface area contributed by atoms with Gasteiger partial charge in [-0.05, 0) is 62.6 Å². The number of allylic oxidation sites excluding steroid dienone is 1. The predicted octanol–water partition coefficient (Wildman–Crippen LogP) is 6.42. The minimum Gasteiger partial charge on any atom is -0.478 e. The maximum absolute atomic E-state index is 11.1. The van der Waals surface area contributed by atoms with Gasteiger partial charge in [0.15, 0.2) is 5.82 Å². The minimum absolute atomic E-state index is 0.251. The molecule has 6 heteroatoms. The number of benzene rings is 1. The Balaban J connectivity index is 1.90. The average molecular weight is 422 g/mol. The highest BCUT2D eigenvalue weighted by atomic mass is 32.1. The average Bonchev–Trinajstić information content (AvgIpc) is 3.20. The van der Waals surface area contributed by atoms with E-state index in [-0.39, 0.29) is 5.56 Å². The first-order valence-corrected chi connectivity index (χ1v) is 11.0. The smallest absolute Gasteiger partial charge is 0.335 e. The number of aromatic carboxylic acids is 1. The van der Waals surface area contributed by atoms with Gasteiger partial charge in [0.05, 0.1) is 10.4 Å². The molecule has 0 aliphatic rings. The number of aromatic nitrogens is 2. The lowest BCUT2D eigenvalue weighted by Gasteiger charge is -2.14. The first kappa shape index (κ1) is 21.7. The van der Waals surface area contributed by atoms with E-state index in [1.54, 1.807) is 35.6 Å². The summed E-state index contributed by atoms with van der Waals surface area (Å²) in [6, 6.07) is 10.9. The molecule has 0 atom stereocenters. The van der Waals surface area contributed by atoms with Crippen LogP contribution in [0.2, 0.25) is 0 Å². The normalized spacial score (nSPS) is 10.7. The molecule has 1 aromatic carbocycles. The second kappa shape index (κ2) is 10.2. The molecule has 2 heterocycles. The molecule has 2 aromatic heterocycles. The number of thiophene rings is 1. The van der Waals surface area contributed by atoms with Crippen LogP contribution in [0.25, 0.3) is 10.7 Å². The largest absolute Gasteiger partial charge is 0.478 e. The maximum atomic E-state index is 11.1. The van der Waals surface area contributed by atoms with Gasteiger partial charge in [0.25, 0.3) is 0 Å². The lowest BCUT2D eigenvalue weighted by atomic mass is 10.1. The summed E-state index contributed by atoms with van der Waals surface area (Å²) in [6.45, 7) is 8.05. The van der Waals surface area contributed by atoms with Gasteiger partial charge in [-0.2, -0.15) is 0 Å². The van der Waals surface area contributed by atoms with E-state index < -0.39 is 5.97 Å². The van der Waals surface area contributed by atoms with Gasteiger partial charge in [0.2, 0.25) is 0 Å². The van der Waals surface area contributed by atoms with Crippen molar-refractivity contribution in [2.75, 3.05) is 5.32 Å². The van der Waals surface area contributed by atoms with Crippen molar-refractivity contribution in [3.05, 3.63) is 70.8 Å². The van der Waals surface area contributed by atoms with E-state index in [9.17, 15) is 4.79 Å². The summed E-state index contributed by atoms with van der Waals surface area (Å²) in [5.74, 6) is 0.486. The van der Waals surface area contributed by atoms with Crippen LogP contribution in [-0.2, 0) is 12.8 Å². The van der Waals surface area contributed by atoms with Gasteiger partial charge < -0.3 is 10.4 Å². The number of anilines is 2. The summed E-state index contributed by atoms with van der Waals surface area (Å²) >= 11 is 1.75. The molecule has 2 N–H and O–H groups in total. The Kier molecular flexibility index (Phi) is 7.36. The number of carbonyl (C=O) groups is 1. The van der Waals surface area contributed by atoms with Crippen LogP contribution in [0.1, 0.15) is 52.7 Å². The number of hydrogen-bond donors (Lipinski definition) is 2. The first-order valence-electron chi connectivity index (χ1n) is 10.2. The van der Waals surface area contributed by atoms with Crippen LogP contribution >= 0.6 is 11.3 Å². The van der Waals surface area contributed by atoms with Gasteiger partial charge in [-0.15, -0.1) is 17.9 Å². The summed E-state index contributed by atoms with van der Waals surface area (Å²) < 4.78 is 0. The Morgan fingerprint density at radius 3 is 2.60 bits per heavy atom. The molecule has 0 bridgehead atoms. The van der Waals surface area contributed by atoms with Crippen molar-refractivity contribution in [2.24, 2.45) is 0 Å². The molecule has 156 valence electrons. The lowest BCUT2D eigenvalue weighted by Crippen LogP contribution is -2.05. The number of carboxylic acids is 1. The van der Waals surface area contributed by atoms with Crippen molar-refractivity contribution in [1.82, 2.24) is 9.97 Å². The monoisotopic (exact) mass is 421 g/mol. The zero-order valence-corrected chi connectivity index (χ0v) is 18.3. The van der Waals surface area contributed by atoms with Crippen LogP contribution in [0.3, 0.4) is 0 Å². The minimum atomic E-state index is -0.943. The number of carboxylic acid groups (broad SMARTS) is 1. The molecule has 3 aromatic rings. The second-order valence-corrected chi connectivity index (χ2v) is 8.35. The van der Waals surface area contributed by atoms with Gasteiger partial charge in [-0.1, -0.05) is 25.8 Å². The van der Waals surface area contributed by atoms with E-state index in [1.165, 1.54) is 24.1 Å². The summed E-state index contributed by atoms with van der Waals surface area (Å²) in [5.41, 5.74) is 2.92. The van der Waals surface area contributed by atoms with Gasteiger partial charge >= 0.3 is 5.97 Å². The van der Waals surface area contributed by atoms with Crippen LogP contribution in [0.4, 0.5) is 11.5 Å².